The van der Waals surface area contributed by atoms with Gasteiger partial charge < -0.3 is 14.8 Å². The first-order valence-corrected chi connectivity index (χ1v) is 6.88. The maximum atomic E-state index is 11.8. The fourth-order valence-corrected chi connectivity index (χ4v) is 1.76. The highest BCUT2D eigenvalue weighted by Crippen LogP contribution is 2.13. The molecule has 1 rings (SSSR count). The molecular formula is C17H21NO4. The van der Waals surface area contributed by atoms with Crippen LogP contribution in [0.3, 0.4) is 0 Å². The van der Waals surface area contributed by atoms with Gasteiger partial charge in [0.1, 0.15) is 17.4 Å². The number of rotatable bonds is 5. The van der Waals surface area contributed by atoms with Gasteiger partial charge in [-0.25, -0.2) is 4.79 Å². The highest BCUT2D eigenvalue weighted by molar-refractivity contribution is 6.00. The molecule has 0 heterocycles. The van der Waals surface area contributed by atoms with Crippen LogP contribution >= 0.6 is 0 Å². The normalized spacial score (nSPS) is 12.0. The molecule has 0 spiro atoms. The molecule has 1 amide bonds. The van der Waals surface area contributed by atoms with Crippen LogP contribution in [0.25, 0.3) is 0 Å². The molecule has 5 nitrogen and oxygen atoms in total. The summed E-state index contributed by atoms with van der Waals surface area (Å²) < 4.78 is 10.2. The topological polar surface area (TPSA) is 64.6 Å². The summed E-state index contributed by atoms with van der Waals surface area (Å²) in [6, 6.07) is 6.35. The Morgan fingerprint density at radius 1 is 1.27 bits per heavy atom. The van der Waals surface area contributed by atoms with Gasteiger partial charge in [0.15, 0.2) is 0 Å². The predicted octanol–water partition coefficient (Wildman–Crippen LogP) is 2.33. The highest BCUT2D eigenvalue weighted by atomic mass is 16.6. The van der Waals surface area contributed by atoms with Gasteiger partial charge >= 0.3 is 6.09 Å². The van der Waals surface area contributed by atoms with Crippen LogP contribution in [0.15, 0.2) is 24.3 Å². The minimum atomic E-state index is -0.826. The van der Waals surface area contributed by atoms with Crippen LogP contribution in [0.5, 0.6) is 5.75 Å². The van der Waals surface area contributed by atoms with E-state index in [9.17, 15) is 9.59 Å². The van der Waals surface area contributed by atoms with Gasteiger partial charge in [0, 0.05) is 6.42 Å². The molecule has 0 saturated heterocycles. The van der Waals surface area contributed by atoms with E-state index < -0.39 is 23.5 Å². The predicted molar refractivity (Wildman–Crippen MR) is 83.7 cm³/mol. The molecule has 1 N–H and O–H groups in total. The van der Waals surface area contributed by atoms with Crippen molar-refractivity contribution >= 4 is 11.9 Å². The van der Waals surface area contributed by atoms with Gasteiger partial charge in [-0.05, 0) is 44.4 Å². The Hall–Kier alpha value is -2.48. The molecule has 0 aliphatic rings. The van der Waals surface area contributed by atoms with Gasteiger partial charge in [-0.3, -0.25) is 4.79 Å². The average molecular weight is 303 g/mol. The molecule has 1 atom stereocenters. The number of benzene rings is 1. The van der Waals surface area contributed by atoms with E-state index >= 15 is 0 Å². The molecule has 1 aromatic rings. The lowest BCUT2D eigenvalue weighted by atomic mass is 10.0. The zero-order valence-corrected chi connectivity index (χ0v) is 13.3. The van der Waals surface area contributed by atoms with Crippen molar-refractivity contribution < 1.29 is 19.1 Å². The number of Topliss-reactive ketones (excluding diaryl/α,β-unsaturated/α-hetero) is 1. The number of hydrogen-bond acceptors (Lipinski definition) is 4. The number of ether oxygens (including phenoxy) is 2. The highest BCUT2D eigenvalue weighted by Gasteiger charge is 2.23. The molecule has 0 saturated carbocycles. The molecule has 0 fully saturated rings. The molecule has 0 aromatic heterocycles. The van der Waals surface area contributed by atoms with E-state index in [0.717, 1.165) is 5.56 Å². The largest absolute Gasteiger partial charge is 0.497 e. The van der Waals surface area contributed by atoms with Crippen LogP contribution < -0.4 is 10.1 Å². The monoisotopic (exact) mass is 303 g/mol. The van der Waals surface area contributed by atoms with E-state index in [4.69, 9.17) is 15.9 Å². The van der Waals surface area contributed by atoms with Gasteiger partial charge in [-0.2, -0.15) is 0 Å². The van der Waals surface area contributed by atoms with Crippen LogP contribution in [0.4, 0.5) is 4.79 Å². The first-order chi connectivity index (χ1) is 10.2. The summed E-state index contributed by atoms with van der Waals surface area (Å²) in [5.74, 6) is 2.26. The van der Waals surface area contributed by atoms with Crippen LogP contribution in [0.1, 0.15) is 26.3 Å². The number of carbonyl (C=O) groups is 2. The summed E-state index contributed by atoms with van der Waals surface area (Å²) >= 11 is 0. The fourth-order valence-electron chi connectivity index (χ4n) is 1.76. The van der Waals surface area contributed by atoms with Crippen molar-refractivity contribution in [1.29, 1.82) is 0 Å². The van der Waals surface area contributed by atoms with E-state index in [1.165, 1.54) is 0 Å². The van der Waals surface area contributed by atoms with E-state index in [1.807, 2.05) is 18.1 Å². The lowest BCUT2D eigenvalue weighted by Crippen LogP contribution is -2.44. The van der Waals surface area contributed by atoms with E-state index in [2.05, 4.69) is 5.32 Å². The third kappa shape index (κ3) is 5.88. The second-order valence-electron chi connectivity index (χ2n) is 5.76. The van der Waals surface area contributed by atoms with Gasteiger partial charge in [0.2, 0.25) is 5.78 Å². The molecule has 1 aromatic carbocycles. The Labute approximate surface area is 131 Å². The zero-order chi connectivity index (χ0) is 16.8. The Morgan fingerprint density at radius 2 is 1.86 bits per heavy atom. The van der Waals surface area contributed by atoms with E-state index in [1.54, 1.807) is 40.0 Å². The summed E-state index contributed by atoms with van der Waals surface area (Å²) in [5, 5.41) is 2.52. The van der Waals surface area contributed by atoms with Gasteiger partial charge in [-0.15, -0.1) is 6.42 Å². The van der Waals surface area contributed by atoms with Gasteiger partial charge in [0.05, 0.1) is 7.11 Å². The first-order valence-electron chi connectivity index (χ1n) is 6.88. The van der Waals surface area contributed by atoms with E-state index in [-0.39, 0.29) is 6.42 Å². The average Bonchev–Trinajstić information content (AvgIpc) is 2.44. The number of nitrogens with one attached hydrogen (secondary N) is 1. The first kappa shape index (κ1) is 17.6. The van der Waals surface area contributed by atoms with Crippen molar-refractivity contribution in [3.63, 3.8) is 0 Å². The maximum Gasteiger partial charge on any atom is 0.408 e. The molecule has 5 heteroatoms. The van der Waals surface area contributed by atoms with Crippen molar-refractivity contribution in [2.45, 2.75) is 38.8 Å². The third-order valence-electron chi connectivity index (χ3n) is 2.75. The quantitative estimate of drug-likeness (QED) is 0.670. The number of amides is 1. The lowest BCUT2D eigenvalue weighted by Gasteiger charge is -2.22. The number of terminal acetylenes is 1. The second kappa shape index (κ2) is 7.51. The molecular weight excluding hydrogens is 282 g/mol. The Kier molecular flexibility index (Phi) is 6.00. The van der Waals surface area contributed by atoms with Gasteiger partial charge in [0.25, 0.3) is 0 Å². The summed E-state index contributed by atoms with van der Waals surface area (Å²) in [5.41, 5.74) is 0.207. The summed E-state index contributed by atoms with van der Waals surface area (Å²) in [6.07, 6.45) is 4.78. The summed E-state index contributed by atoms with van der Waals surface area (Å²) in [7, 11) is 1.57. The van der Waals surface area contributed by atoms with Gasteiger partial charge in [-0.1, -0.05) is 12.1 Å². The molecule has 0 aliphatic carbocycles. The third-order valence-corrected chi connectivity index (χ3v) is 2.75. The standard InChI is InChI=1S/C17H21NO4/c1-6-15(19)14(18-16(20)22-17(2,3)4)11-12-7-9-13(21-5)10-8-12/h1,7-10,14H,11H2,2-5H3,(H,18,20)/t14-/m0/s1. The van der Waals surface area contributed by atoms with Crippen LogP contribution in [0.2, 0.25) is 0 Å². The summed E-state index contributed by atoms with van der Waals surface area (Å²) in [4.78, 5) is 23.6. The number of hydrogen-bond donors (Lipinski definition) is 1. The zero-order valence-electron chi connectivity index (χ0n) is 13.3. The number of ketones is 1. The SMILES string of the molecule is C#CC(=O)[C@H](Cc1ccc(OC)cc1)NC(=O)OC(C)(C)C. The van der Waals surface area contributed by atoms with Crippen molar-refractivity contribution in [1.82, 2.24) is 5.32 Å². The molecule has 0 aliphatic heterocycles. The lowest BCUT2D eigenvalue weighted by molar-refractivity contribution is -0.115. The van der Waals surface area contributed by atoms with Crippen molar-refractivity contribution in [3.05, 3.63) is 29.8 Å². The smallest absolute Gasteiger partial charge is 0.408 e. The molecule has 22 heavy (non-hydrogen) atoms. The Balaban J connectivity index is 2.78. The van der Waals surface area contributed by atoms with E-state index in [0.29, 0.717) is 5.75 Å². The minimum absolute atomic E-state index is 0.284. The van der Waals surface area contributed by atoms with Crippen LogP contribution in [-0.4, -0.2) is 30.6 Å². The second-order valence-corrected chi connectivity index (χ2v) is 5.76. The van der Waals surface area contributed by atoms with Crippen molar-refractivity contribution in [2.75, 3.05) is 7.11 Å². The van der Waals surface area contributed by atoms with Crippen molar-refractivity contribution in [2.24, 2.45) is 0 Å². The van der Waals surface area contributed by atoms with Crippen LogP contribution in [-0.2, 0) is 16.0 Å². The fraction of sp³-hybridized carbons (Fsp3) is 0.412. The molecule has 118 valence electrons. The molecule has 0 radical (unpaired) electrons. The Morgan fingerprint density at radius 3 is 2.32 bits per heavy atom. The Bertz CT molecular complexity index is 564. The minimum Gasteiger partial charge on any atom is -0.497 e. The summed E-state index contributed by atoms with van der Waals surface area (Å²) in [6.45, 7) is 5.23. The molecule has 0 unspecified atom stereocenters. The number of carbonyl (C=O) groups excluding carboxylic acids is 2. The molecule has 0 bridgehead atoms. The number of alkyl carbamates (subject to hydrolysis) is 1. The van der Waals surface area contributed by atoms with Crippen molar-refractivity contribution in [3.8, 4) is 18.1 Å². The van der Waals surface area contributed by atoms with Crippen LogP contribution in [0, 0.1) is 12.3 Å². The number of methoxy groups -OCH3 is 1. The maximum absolute atomic E-state index is 11.8.